The van der Waals surface area contributed by atoms with Gasteiger partial charge in [0.2, 0.25) is 0 Å². The van der Waals surface area contributed by atoms with Gasteiger partial charge in [0.15, 0.2) is 0 Å². The Bertz CT molecular complexity index is 413. The van der Waals surface area contributed by atoms with Crippen LogP contribution >= 0.6 is 27.5 Å². The van der Waals surface area contributed by atoms with E-state index in [1.54, 1.807) is 0 Å². The second-order valence-electron chi connectivity index (χ2n) is 5.60. The third-order valence-electron chi connectivity index (χ3n) is 4.51. The first-order chi connectivity index (χ1) is 9.15. The van der Waals surface area contributed by atoms with Crippen molar-refractivity contribution in [3.63, 3.8) is 0 Å². The molecule has 106 valence electrons. The number of hydrogen-bond acceptors (Lipinski definition) is 1. The topological polar surface area (TPSA) is 3.24 Å². The van der Waals surface area contributed by atoms with Crippen LogP contribution in [-0.2, 0) is 5.88 Å². The first-order valence-electron chi connectivity index (χ1n) is 7.23. The van der Waals surface area contributed by atoms with Crippen molar-refractivity contribution >= 4 is 33.2 Å². The molecule has 0 aromatic heterocycles. The van der Waals surface area contributed by atoms with Crippen molar-refractivity contribution in [2.24, 2.45) is 5.92 Å². The monoisotopic (exact) mass is 343 g/mol. The minimum Gasteiger partial charge on any atom is -0.371 e. The van der Waals surface area contributed by atoms with Crippen molar-refractivity contribution < 1.29 is 0 Å². The molecule has 3 heteroatoms. The fourth-order valence-electron chi connectivity index (χ4n) is 3.12. The van der Waals surface area contributed by atoms with Gasteiger partial charge in [0.05, 0.1) is 0 Å². The van der Waals surface area contributed by atoms with Crippen LogP contribution in [0.15, 0.2) is 22.7 Å². The predicted molar refractivity (Wildman–Crippen MR) is 88.1 cm³/mol. The summed E-state index contributed by atoms with van der Waals surface area (Å²) in [5.74, 6) is 1.52. The molecule has 1 aliphatic carbocycles. The maximum atomic E-state index is 6.07. The molecule has 0 saturated heterocycles. The molecule has 1 aliphatic rings. The van der Waals surface area contributed by atoms with Gasteiger partial charge in [-0.05, 0) is 49.3 Å². The van der Waals surface area contributed by atoms with Crippen LogP contribution in [0.4, 0.5) is 5.69 Å². The van der Waals surface area contributed by atoms with Gasteiger partial charge in [-0.25, -0.2) is 0 Å². The molecule has 0 bridgehead atoms. The molecule has 1 saturated carbocycles. The molecular formula is C16H23BrClN. The maximum absolute atomic E-state index is 6.07. The number of nitrogens with zero attached hydrogens (tertiary/aromatic N) is 1. The van der Waals surface area contributed by atoms with Gasteiger partial charge in [-0.3, -0.25) is 0 Å². The lowest BCUT2D eigenvalue weighted by molar-refractivity contribution is 0.313. The summed E-state index contributed by atoms with van der Waals surface area (Å²) in [7, 11) is 2.22. The molecular weight excluding hydrogens is 322 g/mol. The number of anilines is 1. The molecule has 19 heavy (non-hydrogen) atoms. The molecule has 1 fully saturated rings. The average molecular weight is 345 g/mol. The van der Waals surface area contributed by atoms with Crippen LogP contribution in [0.2, 0.25) is 0 Å². The van der Waals surface area contributed by atoms with Crippen molar-refractivity contribution in [2.45, 2.75) is 50.9 Å². The molecule has 0 heterocycles. The highest BCUT2D eigenvalue weighted by Crippen LogP contribution is 2.34. The summed E-state index contributed by atoms with van der Waals surface area (Å²) in [4.78, 5) is 2.44. The van der Waals surface area contributed by atoms with E-state index in [0.29, 0.717) is 11.9 Å². The van der Waals surface area contributed by atoms with Gasteiger partial charge >= 0.3 is 0 Å². The number of alkyl halides is 1. The maximum Gasteiger partial charge on any atom is 0.0494 e. The third-order valence-corrected chi connectivity index (χ3v) is 5.29. The normalized spacial score (nSPS) is 23.4. The van der Waals surface area contributed by atoms with Crippen molar-refractivity contribution in [3.8, 4) is 0 Å². The Morgan fingerprint density at radius 3 is 2.53 bits per heavy atom. The summed E-state index contributed by atoms with van der Waals surface area (Å²) in [5, 5.41) is 0. The predicted octanol–water partition coefficient (Wildman–Crippen LogP) is 5.59. The molecule has 0 radical (unpaired) electrons. The Balaban J connectivity index is 2.11. The minimum absolute atomic E-state index is 0.581. The third kappa shape index (κ3) is 3.66. The van der Waals surface area contributed by atoms with Gasteiger partial charge in [-0.2, -0.15) is 0 Å². The average Bonchev–Trinajstić information content (AvgIpc) is 2.46. The van der Waals surface area contributed by atoms with E-state index in [9.17, 15) is 0 Å². The summed E-state index contributed by atoms with van der Waals surface area (Å²) < 4.78 is 1.13. The van der Waals surface area contributed by atoms with Gasteiger partial charge in [0.1, 0.15) is 0 Å². The molecule has 2 rings (SSSR count). The molecule has 0 unspecified atom stereocenters. The SMILES string of the molecule is CCC1CCC(N(C)c2cc(Br)ccc2CCl)CC1. The number of rotatable bonds is 4. The quantitative estimate of drug-likeness (QED) is 0.643. The standard InChI is InChI=1S/C16H23BrClN/c1-3-12-4-8-15(9-5-12)19(2)16-10-14(17)7-6-13(16)11-18/h6-7,10,12,15H,3-5,8-9,11H2,1-2H3. The highest BCUT2D eigenvalue weighted by atomic mass is 79.9. The van der Waals surface area contributed by atoms with E-state index in [0.717, 1.165) is 10.4 Å². The van der Waals surface area contributed by atoms with E-state index in [1.807, 2.05) is 0 Å². The second-order valence-corrected chi connectivity index (χ2v) is 6.78. The fraction of sp³-hybridized carbons (Fsp3) is 0.625. The zero-order chi connectivity index (χ0) is 13.8. The smallest absolute Gasteiger partial charge is 0.0494 e. The Morgan fingerprint density at radius 1 is 1.26 bits per heavy atom. The highest BCUT2D eigenvalue weighted by Gasteiger charge is 2.24. The summed E-state index contributed by atoms with van der Waals surface area (Å²) in [5.41, 5.74) is 2.51. The zero-order valence-electron chi connectivity index (χ0n) is 11.8. The van der Waals surface area contributed by atoms with Crippen molar-refractivity contribution in [1.82, 2.24) is 0 Å². The lowest BCUT2D eigenvalue weighted by Crippen LogP contribution is -2.35. The molecule has 1 aromatic rings. The summed E-state index contributed by atoms with van der Waals surface area (Å²) in [6.07, 6.45) is 6.69. The van der Waals surface area contributed by atoms with E-state index in [1.165, 1.54) is 43.4 Å². The Kier molecular flexibility index (Phi) is 5.58. The minimum atomic E-state index is 0.581. The molecule has 0 atom stereocenters. The van der Waals surface area contributed by atoms with Crippen LogP contribution in [0.25, 0.3) is 0 Å². The largest absolute Gasteiger partial charge is 0.371 e. The first-order valence-corrected chi connectivity index (χ1v) is 8.55. The van der Waals surface area contributed by atoms with Gasteiger partial charge < -0.3 is 4.90 Å². The summed E-state index contributed by atoms with van der Waals surface area (Å²) in [6, 6.07) is 7.06. The van der Waals surface area contributed by atoms with E-state index in [4.69, 9.17) is 11.6 Å². The Hall–Kier alpha value is -0.210. The summed E-state index contributed by atoms with van der Waals surface area (Å²) >= 11 is 9.64. The van der Waals surface area contributed by atoms with Crippen LogP contribution in [0, 0.1) is 5.92 Å². The zero-order valence-corrected chi connectivity index (χ0v) is 14.2. The Labute approximate surface area is 130 Å². The molecule has 0 spiro atoms. The van der Waals surface area contributed by atoms with Crippen LogP contribution in [0.5, 0.6) is 0 Å². The number of halogens is 2. The van der Waals surface area contributed by atoms with E-state index in [-0.39, 0.29) is 0 Å². The lowest BCUT2D eigenvalue weighted by atomic mass is 9.84. The van der Waals surface area contributed by atoms with Crippen molar-refractivity contribution in [1.29, 1.82) is 0 Å². The van der Waals surface area contributed by atoms with Gasteiger partial charge in [-0.1, -0.05) is 35.3 Å². The highest BCUT2D eigenvalue weighted by molar-refractivity contribution is 9.10. The molecule has 0 aliphatic heterocycles. The number of hydrogen-bond donors (Lipinski definition) is 0. The lowest BCUT2D eigenvalue weighted by Gasteiger charge is -2.36. The molecule has 0 N–H and O–H groups in total. The van der Waals surface area contributed by atoms with Crippen LogP contribution in [0.1, 0.15) is 44.6 Å². The molecule has 1 aromatic carbocycles. The van der Waals surface area contributed by atoms with Crippen LogP contribution in [-0.4, -0.2) is 13.1 Å². The molecule has 0 amide bonds. The van der Waals surface area contributed by atoms with Crippen molar-refractivity contribution in [3.05, 3.63) is 28.2 Å². The first kappa shape index (κ1) is 15.2. The van der Waals surface area contributed by atoms with E-state index < -0.39 is 0 Å². The van der Waals surface area contributed by atoms with Gasteiger partial charge in [0, 0.05) is 29.1 Å². The van der Waals surface area contributed by atoms with Crippen LogP contribution < -0.4 is 4.90 Å². The van der Waals surface area contributed by atoms with E-state index >= 15 is 0 Å². The van der Waals surface area contributed by atoms with Gasteiger partial charge in [-0.15, -0.1) is 11.6 Å². The number of benzene rings is 1. The molecule has 1 nitrogen and oxygen atoms in total. The Morgan fingerprint density at radius 2 is 1.95 bits per heavy atom. The van der Waals surface area contributed by atoms with Crippen LogP contribution in [0.3, 0.4) is 0 Å². The fourth-order valence-corrected chi connectivity index (χ4v) is 3.69. The van der Waals surface area contributed by atoms with E-state index in [2.05, 4.69) is 53.0 Å². The van der Waals surface area contributed by atoms with Gasteiger partial charge in [0.25, 0.3) is 0 Å². The van der Waals surface area contributed by atoms with Crippen molar-refractivity contribution in [2.75, 3.05) is 11.9 Å². The summed E-state index contributed by atoms with van der Waals surface area (Å²) in [6.45, 7) is 2.31. The second kappa shape index (κ2) is 6.99.